The fraction of sp³-hybridized carbons (Fsp3) is 0. The molecule has 1 heterocycles. The second-order valence-corrected chi connectivity index (χ2v) is 3.43. The van der Waals surface area contributed by atoms with E-state index in [2.05, 4.69) is 22.1 Å². The van der Waals surface area contributed by atoms with Crippen LogP contribution in [0, 0.1) is 0 Å². The van der Waals surface area contributed by atoms with E-state index >= 15 is 0 Å². The minimum atomic E-state index is -0.163. The number of hydrogen-bond acceptors (Lipinski definition) is 2. The maximum absolute atomic E-state index is 5.15. The van der Waals surface area contributed by atoms with Crippen LogP contribution in [0.3, 0.4) is 0 Å². The maximum Gasteiger partial charge on any atom is 0.184 e. The maximum atomic E-state index is 5.15. The van der Waals surface area contributed by atoms with E-state index in [1.165, 1.54) is 0 Å². The minimum absolute atomic E-state index is 0.163. The first kappa shape index (κ1) is 7.43. The van der Waals surface area contributed by atoms with Crippen molar-refractivity contribution in [3.63, 3.8) is 0 Å². The predicted molar refractivity (Wildman–Crippen MR) is 48.0 cm³/mol. The Balaban J connectivity index is 2.48. The van der Waals surface area contributed by atoms with Gasteiger partial charge in [-0.05, 0) is 33.7 Å². The lowest BCUT2D eigenvalue weighted by molar-refractivity contribution is 1.06. The zero-order valence-electron chi connectivity index (χ0n) is 5.15. The monoisotopic (exact) mass is 173 g/mol. The molecule has 0 aromatic carbocycles. The highest BCUT2D eigenvalue weighted by Crippen LogP contribution is 2.00. The molecule has 0 fully saturated rings. The molecule has 54 valence electrons. The van der Waals surface area contributed by atoms with Crippen LogP contribution in [0.15, 0.2) is 27.4 Å². The van der Waals surface area contributed by atoms with Crippen LogP contribution in [0.25, 0.3) is 0 Å². The molecule has 3 nitrogen and oxygen atoms in total. The van der Waals surface area contributed by atoms with Gasteiger partial charge in [0.15, 0.2) is 5.11 Å². The molecule has 1 aliphatic heterocycles. The van der Waals surface area contributed by atoms with Gasteiger partial charge < -0.3 is 5.73 Å². The highest BCUT2D eigenvalue weighted by Gasteiger charge is 1.89. The number of allylic oxidation sites excluding steroid dienone is 2. The number of nitrogens with one attached hydrogen (secondary N) is 1. The van der Waals surface area contributed by atoms with Crippen molar-refractivity contribution in [1.29, 1.82) is 0 Å². The van der Waals surface area contributed by atoms with Gasteiger partial charge in [-0.2, -0.15) is 0 Å². The van der Waals surface area contributed by atoms with E-state index in [0.29, 0.717) is 0 Å². The Labute approximate surface area is 67.1 Å². The molecule has 0 unspecified atom stereocenters. The van der Waals surface area contributed by atoms with Gasteiger partial charge in [0.1, 0.15) is 0 Å². The van der Waals surface area contributed by atoms with Crippen LogP contribution in [0.2, 0.25) is 0 Å². The first-order valence-corrected chi connectivity index (χ1v) is 4.34. The van der Waals surface area contributed by atoms with Crippen LogP contribution in [0.5, 0.6) is 0 Å². The van der Waals surface area contributed by atoms with E-state index in [1.807, 2.05) is 23.0 Å². The lowest BCUT2D eigenvalue weighted by atomic mass is 10.6. The summed E-state index contributed by atoms with van der Waals surface area (Å²) in [4.78, 5) is 0. The van der Waals surface area contributed by atoms with Gasteiger partial charge in [0, 0.05) is 0 Å². The molecule has 0 spiro atoms. The molecular weight excluding hydrogens is 166 g/mol. The summed E-state index contributed by atoms with van der Waals surface area (Å²) in [5.74, 6) is 0. The van der Waals surface area contributed by atoms with Gasteiger partial charge in [-0.25, -0.2) is 5.43 Å². The molecule has 3 N–H and O–H groups in total. The van der Waals surface area contributed by atoms with Crippen molar-refractivity contribution in [3.8, 4) is 0 Å². The summed E-state index contributed by atoms with van der Waals surface area (Å²) in [5, 5.41) is 4.14. The van der Waals surface area contributed by atoms with Crippen molar-refractivity contribution >= 4 is 28.0 Å². The van der Waals surface area contributed by atoms with Crippen LogP contribution in [0.1, 0.15) is 0 Å². The summed E-state index contributed by atoms with van der Waals surface area (Å²) in [6.45, 7) is 0. The number of nitrogens with two attached hydrogens (primary N) is 1. The van der Waals surface area contributed by atoms with E-state index < -0.39 is 0 Å². The van der Waals surface area contributed by atoms with Gasteiger partial charge in [0.2, 0.25) is 0 Å². The third kappa shape index (κ3) is 2.28. The largest absolute Gasteiger partial charge is 0.375 e. The fourth-order valence-electron chi connectivity index (χ4n) is 0.456. The normalized spacial score (nSPS) is 15.6. The predicted octanol–water partition coefficient (Wildman–Crippen LogP) is 0.578. The molecular formula is C5H7N3S2. The van der Waals surface area contributed by atoms with Crippen molar-refractivity contribution in [2.45, 2.75) is 0 Å². The molecule has 0 aromatic rings. The van der Waals surface area contributed by atoms with Crippen molar-refractivity contribution in [1.82, 2.24) is 5.43 Å². The quantitative estimate of drug-likeness (QED) is 0.450. The van der Waals surface area contributed by atoms with E-state index in [1.54, 1.807) is 0 Å². The lowest BCUT2D eigenvalue weighted by Gasteiger charge is -1.94. The van der Waals surface area contributed by atoms with Crippen LogP contribution in [0.4, 0.5) is 0 Å². The molecule has 1 aliphatic rings. The first-order chi connectivity index (χ1) is 4.79. The van der Waals surface area contributed by atoms with Crippen LogP contribution in [-0.4, -0.2) is 5.11 Å². The van der Waals surface area contributed by atoms with E-state index in [-0.39, 0.29) is 15.8 Å². The standard InChI is InChI=1S/C5H7N3S2/c6-5(9)7-8-10-3-1-2-4-10/h1-4H,(H3,6,7,9). The summed E-state index contributed by atoms with van der Waals surface area (Å²) in [5.41, 5.74) is 7.68. The molecule has 0 radical (unpaired) electrons. The summed E-state index contributed by atoms with van der Waals surface area (Å²) in [6.07, 6.45) is 3.88. The Morgan fingerprint density at radius 2 is 2.10 bits per heavy atom. The van der Waals surface area contributed by atoms with Crippen molar-refractivity contribution < 1.29 is 0 Å². The Kier molecular flexibility index (Phi) is 2.58. The first-order valence-electron chi connectivity index (χ1n) is 2.62. The molecule has 0 amide bonds. The average Bonchev–Trinajstić information content (AvgIpc) is 2.34. The van der Waals surface area contributed by atoms with Crippen LogP contribution in [-0.2, 0) is 10.7 Å². The van der Waals surface area contributed by atoms with Gasteiger partial charge in [0.05, 0.1) is 0 Å². The topological polar surface area (TPSA) is 50.4 Å². The molecule has 0 saturated heterocycles. The number of rotatable bonds is 1. The van der Waals surface area contributed by atoms with E-state index in [4.69, 9.17) is 5.73 Å². The van der Waals surface area contributed by atoms with E-state index in [9.17, 15) is 0 Å². The third-order valence-corrected chi connectivity index (χ3v) is 2.07. The highest BCUT2D eigenvalue weighted by atomic mass is 32.2. The summed E-state index contributed by atoms with van der Waals surface area (Å²) < 4.78 is 3.96. The van der Waals surface area contributed by atoms with E-state index in [0.717, 1.165) is 0 Å². The Bertz CT molecular complexity index is 215. The summed E-state index contributed by atoms with van der Waals surface area (Å²) >= 11 is 4.56. The minimum Gasteiger partial charge on any atom is -0.375 e. The summed E-state index contributed by atoms with van der Waals surface area (Å²) in [7, 11) is -0.163. The molecule has 0 bridgehead atoms. The van der Waals surface area contributed by atoms with Crippen molar-refractivity contribution in [3.05, 3.63) is 23.0 Å². The SMILES string of the molecule is NC(=S)NN=S1C=CC=C1. The highest BCUT2D eigenvalue weighted by molar-refractivity contribution is 7.93. The zero-order valence-corrected chi connectivity index (χ0v) is 6.78. The molecule has 0 saturated carbocycles. The molecule has 0 aliphatic carbocycles. The Hall–Kier alpha value is -0.680. The van der Waals surface area contributed by atoms with Crippen LogP contribution < -0.4 is 11.2 Å². The van der Waals surface area contributed by atoms with Gasteiger partial charge in [-0.1, -0.05) is 12.2 Å². The Morgan fingerprint density at radius 1 is 1.50 bits per heavy atom. The second-order valence-electron chi connectivity index (χ2n) is 1.57. The molecule has 5 heteroatoms. The molecule has 0 atom stereocenters. The van der Waals surface area contributed by atoms with Gasteiger partial charge in [-0.15, -0.1) is 4.47 Å². The van der Waals surface area contributed by atoms with Crippen molar-refractivity contribution in [2.24, 2.45) is 10.2 Å². The molecule has 1 rings (SSSR count). The fourth-order valence-corrected chi connectivity index (χ4v) is 1.48. The van der Waals surface area contributed by atoms with Gasteiger partial charge in [-0.3, -0.25) is 0 Å². The number of nitrogens with zero attached hydrogens (tertiary/aromatic N) is 1. The van der Waals surface area contributed by atoms with Gasteiger partial charge >= 0.3 is 0 Å². The van der Waals surface area contributed by atoms with Crippen LogP contribution >= 0.6 is 12.2 Å². The molecule has 10 heavy (non-hydrogen) atoms. The number of hydrogen-bond donors (Lipinski definition) is 2. The molecule has 0 aromatic heterocycles. The zero-order chi connectivity index (χ0) is 7.40. The Morgan fingerprint density at radius 3 is 2.60 bits per heavy atom. The second kappa shape index (κ2) is 3.48. The van der Waals surface area contributed by atoms with Gasteiger partial charge in [0.25, 0.3) is 0 Å². The number of thiocarbonyl (C=S) groups is 1. The third-order valence-electron chi connectivity index (χ3n) is 0.808. The van der Waals surface area contributed by atoms with Crippen molar-refractivity contribution in [2.75, 3.05) is 0 Å². The smallest absolute Gasteiger partial charge is 0.184 e. The summed E-state index contributed by atoms with van der Waals surface area (Å²) in [6, 6.07) is 0. The lowest BCUT2D eigenvalue weighted by Crippen LogP contribution is -2.24. The average molecular weight is 173 g/mol.